The van der Waals surface area contributed by atoms with E-state index in [0.717, 1.165) is 90.0 Å². The number of nitrogens with zero attached hydrogens (tertiary/aromatic N) is 4. The molecule has 702 valence electrons. The van der Waals surface area contributed by atoms with Crippen molar-refractivity contribution in [3.05, 3.63) is 639 Å². The second-order valence-electron chi connectivity index (χ2n) is 39.6. The lowest BCUT2D eigenvalue weighted by Crippen LogP contribution is -2.28. The molecule has 1 spiro atoms. The van der Waals surface area contributed by atoms with Crippen molar-refractivity contribution in [2.24, 2.45) is 0 Å². The third-order valence-electron chi connectivity index (χ3n) is 31.4. The number of benzene rings is 24. The van der Waals surface area contributed by atoms with Gasteiger partial charge < -0.3 is 18.9 Å². The van der Waals surface area contributed by atoms with Crippen LogP contribution in [0.15, 0.2) is 595 Å². The minimum atomic E-state index is -0.559. The van der Waals surface area contributed by atoms with E-state index in [-0.39, 0.29) is 0 Å². The molecule has 2 heterocycles. The van der Waals surface area contributed by atoms with Crippen LogP contribution < -0.4 is 9.80 Å². The largest absolute Gasteiger partial charge is 0.310 e. The molecular formula is C146H98N4. The Balaban J connectivity index is 0.000000144. The van der Waals surface area contributed by atoms with Gasteiger partial charge in [0, 0.05) is 67.0 Å². The first-order valence-electron chi connectivity index (χ1n) is 51.9. The summed E-state index contributed by atoms with van der Waals surface area (Å²) in [6, 6.07) is 219. The molecule has 24 aromatic carbocycles. The van der Waals surface area contributed by atoms with Gasteiger partial charge in [0.1, 0.15) is 0 Å². The van der Waals surface area contributed by atoms with E-state index < -0.39 is 10.8 Å². The molecule has 0 saturated heterocycles. The van der Waals surface area contributed by atoms with Gasteiger partial charge in [-0.3, -0.25) is 0 Å². The van der Waals surface area contributed by atoms with Gasteiger partial charge in [-0.1, -0.05) is 461 Å². The third-order valence-corrected chi connectivity index (χ3v) is 31.4. The zero-order valence-electron chi connectivity index (χ0n) is 82.4. The molecule has 0 amide bonds. The number of aromatic nitrogens is 2. The van der Waals surface area contributed by atoms with E-state index in [1.165, 1.54) is 166 Å². The van der Waals surface area contributed by atoms with E-state index in [1.54, 1.807) is 0 Å². The molecule has 0 atom stereocenters. The lowest BCUT2D eigenvalue weighted by Gasteiger charge is -2.35. The molecule has 0 fully saturated rings. The Kier molecular flexibility index (Phi) is 21.7. The van der Waals surface area contributed by atoms with Gasteiger partial charge in [-0.15, -0.1) is 0 Å². The van der Waals surface area contributed by atoms with E-state index in [2.05, 4.69) is 613 Å². The van der Waals surface area contributed by atoms with Crippen LogP contribution in [0.5, 0.6) is 0 Å². The van der Waals surface area contributed by atoms with Crippen molar-refractivity contribution in [2.75, 3.05) is 9.80 Å². The highest BCUT2D eigenvalue weighted by Crippen LogP contribution is 2.65. The number of rotatable bonds is 18. The van der Waals surface area contributed by atoms with Crippen LogP contribution in [0.3, 0.4) is 0 Å². The van der Waals surface area contributed by atoms with Gasteiger partial charge in [0.25, 0.3) is 0 Å². The summed E-state index contributed by atoms with van der Waals surface area (Å²) >= 11 is 0. The maximum absolute atomic E-state index is 2.50. The van der Waals surface area contributed by atoms with Crippen LogP contribution in [-0.4, -0.2) is 9.13 Å². The number of anilines is 6. The first-order valence-corrected chi connectivity index (χ1v) is 51.9. The average molecular weight is 1910 g/mol. The lowest BCUT2D eigenvalue weighted by molar-refractivity contribution is 0.768. The van der Waals surface area contributed by atoms with Crippen LogP contribution in [-0.2, 0) is 10.8 Å². The van der Waals surface area contributed by atoms with E-state index >= 15 is 0 Å². The second-order valence-corrected chi connectivity index (χ2v) is 39.6. The third kappa shape index (κ3) is 14.7. The molecule has 0 unspecified atom stereocenters. The van der Waals surface area contributed by atoms with Crippen molar-refractivity contribution in [1.29, 1.82) is 0 Å². The number of fused-ring (bicyclic) bond motifs is 19. The zero-order chi connectivity index (χ0) is 99.2. The van der Waals surface area contributed by atoms with Crippen LogP contribution in [0.25, 0.3) is 177 Å². The summed E-state index contributed by atoms with van der Waals surface area (Å²) in [6.07, 6.45) is 0. The molecule has 3 aliphatic carbocycles. The minimum Gasteiger partial charge on any atom is -0.310 e. The van der Waals surface area contributed by atoms with Crippen LogP contribution in [0.1, 0.15) is 44.5 Å². The standard InChI is InChI=1S/C73H48N2.C73H50N2/c1-4-20-49(21-5-1)51-36-39-56(40-37-51)74(57-41-43-64-63-30-14-18-34-69(63)73(70(64)48-57)67-32-16-12-28-61(67)62-29-13-17-33-68(62)73)58-45-53(50-22-6-2-7-23-50)44-54(46-58)60-27-11-10-26-59(60)52-38-42-66-65-31-15-19-35-71(65)75(72(66)47-52)55-24-8-3-9-25-55;1-6-22-51(23-7-1)53-38-41-60(42-39-53)74(61-43-45-66-65-34-18-20-36-69(65)73(70(66)50-61,57-26-10-3-11-27-57)58-28-12-4-13-29-58)62-47-55(52-24-8-2-9-25-52)46-56(48-62)64-33-17-16-32-63(64)54-40-44-68-67-35-19-21-37-71(67)75(72(68)49-54)59-30-14-5-15-31-59/h1-48H;1-50H. The molecule has 0 saturated carbocycles. The molecule has 4 heteroatoms. The van der Waals surface area contributed by atoms with Gasteiger partial charge in [-0.2, -0.15) is 0 Å². The predicted molar refractivity (Wildman–Crippen MR) is 628 cm³/mol. The van der Waals surface area contributed by atoms with Crippen molar-refractivity contribution in [3.63, 3.8) is 0 Å². The summed E-state index contributed by atoms with van der Waals surface area (Å²) < 4.78 is 4.82. The molecule has 0 N–H and O–H groups in total. The number of hydrogen-bond acceptors (Lipinski definition) is 2. The normalized spacial score (nSPS) is 12.5. The molecule has 4 nitrogen and oxygen atoms in total. The molecule has 2 aromatic heterocycles. The maximum atomic E-state index is 2.50. The minimum absolute atomic E-state index is 0.485. The quantitative estimate of drug-likeness (QED) is 0.0851. The molecule has 3 aliphatic rings. The summed E-state index contributed by atoms with van der Waals surface area (Å²) in [5.74, 6) is 0. The first-order chi connectivity index (χ1) is 74.4. The van der Waals surface area contributed by atoms with Gasteiger partial charge >= 0.3 is 0 Å². The number of hydrogen-bond donors (Lipinski definition) is 0. The van der Waals surface area contributed by atoms with Gasteiger partial charge in [0.15, 0.2) is 0 Å². The molecule has 0 bridgehead atoms. The Morgan fingerprint density at radius 3 is 0.733 bits per heavy atom. The predicted octanol–water partition coefficient (Wildman–Crippen LogP) is 38.5. The van der Waals surface area contributed by atoms with Crippen molar-refractivity contribution < 1.29 is 0 Å². The van der Waals surface area contributed by atoms with Gasteiger partial charge in [0.2, 0.25) is 0 Å². The Labute approximate surface area is 873 Å². The molecule has 150 heavy (non-hydrogen) atoms. The highest BCUT2D eigenvalue weighted by atomic mass is 15.1. The van der Waals surface area contributed by atoms with Gasteiger partial charge in [-0.25, -0.2) is 0 Å². The Bertz CT molecular complexity index is 9080. The fourth-order valence-electron chi connectivity index (χ4n) is 24.9. The van der Waals surface area contributed by atoms with Crippen molar-refractivity contribution >= 4 is 77.7 Å². The van der Waals surface area contributed by atoms with E-state index in [1.807, 2.05) is 0 Å². The van der Waals surface area contributed by atoms with Crippen LogP contribution in [0.2, 0.25) is 0 Å². The Morgan fingerprint density at radius 1 is 0.127 bits per heavy atom. The topological polar surface area (TPSA) is 16.3 Å². The summed E-state index contributed by atoms with van der Waals surface area (Å²) in [4.78, 5) is 4.96. The van der Waals surface area contributed by atoms with Gasteiger partial charge in [-0.05, 0) is 300 Å². The molecule has 0 aliphatic heterocycles. The molecule has 29 rings (SSSR count). The molecule has 26 aromatic rings. The van der Waals surface area contributed by atoms with Crippen LogP contribution in [0, 0.1) is 0 Å². The Hall–Kier alpha value is -19.5. The van der Waals surface area contributed by atoms with Crippen LogP contribution >= 0.6 is 0 Å². The highest BCUT2D eigenvalue weighted by Gasteiger charge is 2.52. The molecule has 0 radical (unpaired) electrons. The van der Waals surface area contributed by atoms with Gasteiger partial charge in [0.05, 0.1) is 32.9 Å². The Morgan fingerprint density at radius 2 is 0.373 bits per heavy atom. The number of para-hydroxylation sites is 4. The van der Waals surface area contributed by atoms with E-state index in [9.17, 15) is 0 Å². The van der Waals surface area contributed by atoms with Crippen LogP contribution in [0.4, 0.5) is 34.1 Å². The molecular weight excluding hydrogens is 1810 g/mol. The SMILES string of the molecule is c1ccc(-c2ccc(N(c3cc(-c4ccccc4)cc(-c4ccccc4-c4ccc5c6ccccc6n(-c6ccccc6)c5c4)c3)c3ccc4c(c3)C(c3ccccc3)(c3ccccc3)c3ccccc3-4)cc2)cc1.c1ccc(-c2ccc(N(c3cc(-c4ccccc4)cc(-c4ccccc4-c4ccc5c6ccccc6n(-c6ccccc6)c5c4)c3)c3ccc4c(c3)C3(c5ccccc5-c5ccccc53)c3ccccc3-4)cc2)cc1. The monoisotopic (exact) mass is 1910 g/mol. The first kappa shape index (κ1) is 88.2. The fraction of sp³-hybridized carbons (Fsp3) is 0.0137. The van der Waals surface area contributed by atoms with Crippen molar-refractivity contribution in [3.8, 4) is 134 Å². The smallest absolute Gasteiger partial charge is 0.0726 e. The van der Waals surface area contributed by atoms with E-state index in [4.69, 9.17) is 0 Å². The van der Waals surface area contributed by atoms with E-state index in [0.29, 0.717) is 0 Å². The summed E-state index contributed by atoms with van der Waals surface area (Å²) in [5.41, 5.74) is 49.1. The second kappa shape index (κ2) is 37.0. The average Bonchev–Trinajstić information content (AvgIpc) is 1.51. The summed E-state index contributed by atoms with van der Waals surface area (Å²) in [7, 11) is 0. The maximum Gasteiger partial charge on any atom is 0.0726 e. The highest BCUT2D eigenvalue weighted by molar-refractivity contribution is 6.13. The lowest BCUT2D eigenvalue weighted by atomic mass is 9.67. The van der Waals surface area contributed by atoms with Crippen molar-refractivity contribution in [1.82, 2.24) is 9.13 Å². The fourth-order valence-corrected chi connectivity index (χ4v) is 24.9. The summed E-state index contributed by atoms with van der Waals surface area (Å²) in [6.45, 7) is 0. The zero-order valence-corrected chi connectivity index (χ0v) is 82.4. The van der Waals surface area contributed by atoms with Crippen molar-refractivity contribution in [2.45, 2.75) is 10.8 Å². The summed E-state index contributed by atoms with van der Waals surface area (Å²) in [5, 5.41) is 4.96.